The van der Waals surface area contributed by atoms with Gasteiger partial charge in [0.1, 0.15) is 0 Å². The largest absolute Gasteiger partial charge is 0.481 e. The molecule has 0 aliphatic rings. The maximum atomic E-state index is 8.28. The predicted octanol–water partition coefficient (Wildman–Crippen LogP) is 1.21. The van der Waals surface area contributed by atoms with E-state index in [1.165, 1.54) is 6.21 Å². The van der Waals surface area contributed by atoms with Crippen LogP contribution in [0.25, 0.3) is 0 Å². The Labute approximate surface area is 70.5 Å². The van der Waals surface area contributed by atoms with Gasteiger partial charge in [0.05, 0.1) is 19.0 Å². The molecule has 0 fully saturated rings. The molecule has 0 amide bonds. The molecule has 1 N–H and O–H groups in total. The van der Waals surface area contributed by atoms with Crippen molar-refractivity contribution >= 4 is 6.21 Å². The molecular formula is C8H10N2O2. The number of rotatable bonds is 2. The smallest absolute Gasteiger partial charge is 0.213 e. The Morgan fingerprint density at radius 2 is 2.33 bits per heavy atom. The molecule has 1 aromatic heterocycles. The van der Waals surface area contributed by atoms with Gasteiger partial charge in [0.25, 0.3) is 0 Å². The Balaban J connectivity index is 3.03. The standard InChI is InChI=1S/C8H10N2O2/c1-6-7(5-9-11)3-4-8(10-6)12-2/h3-5,11H,1-2H3/b9-5-. The van der Waals surface area contributed by atoms with Crippen molar-refractivity contribution in [2.24, 2.45) is 5.16 Å². The Bertz CT molecular complexity index is 297. The van der Waals surface area contributed by atoms with E-state index in [0.29, 0.717) is 5.88 Å². The number of hydrogen-bond donors (Lipinski definition) is 1. The van der Waals surface area contributed by atoms with E-state index in [0.717, 1.165) is 11.3 Å². The van der Waals surface area contributed by atoms with Crippen molar-refractivity contribution in [2.75, 3.05) is 7.11 Å². The molecule has 0 spiro atoms. The molecule has 4 nitrogen and oxygen atoms in total. The summed E-state index contributed by atoms with van der Waals surface area (Å²) >= 11 is 0. The first-order chi connectivity index (χ1) is 5.77. The highest BCUT2D eigenvalue weighted by Gasteiger charge is 1.98. The number of hydrogen-bond acceptors (Lipinski definition) is 4. The first-order valence-corrected chi connectivity index (χ1v) is 3.47. The van der Waals surface area contributed by atoms with E-state index in [2.05, 4.69) is 10.1 Å². The summed E-state index contributed by atoms with van der Waals surface area (Å²) in [5.74, 6) is 0.558. The average Bonchev–Trinajstić information content (AvgIpc) is 2.09. The van der Waals surface area contributed by atoms with Crippen molar-refractivity contribution in [2.45, 2.75) is 6.92 Å². The molecule has 12 heavy (non-hydrogen) atoms. The van der Waals surface area contributed by atoms with E-state index in [4.69, 9.17) is 9.94 Å². The molecule has 0 unspecified atom stereocenters. The SMILES string of the molecule is COc1ccc(/C=N\O)c(C)n1. The molecule has 0 radical (unpaired) electrons. The lowest BCUT2D eigenvalue weighted by molar-refractivity contribution is 0.321. The highest BCUT2D eigenvalue weighted by molar-refractivity contribution is 5.80. The van der Waals surface area contributed by atoms with Crippen molar-refractivity contribution in [3.63, 3.8) is 0 Å². The van der Waals surface area contributed by atoms with Crippen LogP contribution in [0.3, 0.4) is 0 Å². The third-order valence-corrected chi connectivity index (χ3v) is 1.51. The molecule has 4 heteroatoms. The van der Waals surface area contributed by atoms with Crippen molar-refractivity contribution in [1.29, 1.82) is 0 Å². The third kappa shape index (κ3) is 1.72. The van der Waals surface area contributed by atoms with Gasteiger partial charge in [-0.25, -0.2) is 4.98 Å². The maximum absolute atomic E-state index is 8.28. The summed E-state index contributed by atoms with van der Waals surface area (Å²) in [6.45, 7) is 1.82. The quantitative estimate of drug-likeness (QED) is 0.408. The van der Waals surface area contributed by atoms with E-state index in [1.54, 1.807) is 19.2 Å². The summed E-state index contributed by atoms with van der Waals surface area (Å²) in [7, 11) is 1.56. The van der Waals surface area contributed by atoms with Gasteiger partial charge in [-0.3, -0.25) is 0 Å². The van der Waals surface area contributed by atoms with Crippen molar-refractivity contribution in [3.05, 3.63) is 23.4 Å². The zero-order chi connectivity index (χ0) is 8.97. The molecule has 0 atom stereocenters. The van der Waals surface area contributed by atoms with Gasteiger partial charge in [0.15, 0.2) is 0 Å². The van der Waals surface area contributed by atoms with E-state index in [1.807, 2.05) is 6.92 Å². The van der Waals surface area contributed by atoms with Crippen LogP contribution in [0.15, 0.2) is 17.3 Å². The van der Waals surface area contributed by atoms with Crippen LogP contribution in [0, 0.1) is 6.92 Å². The Hall–Kier alpha value is -1.58. The first-order valence-electron chi connectivity index (χ1n) is 3.47. The zero-order valence-electron chi connectivity index (χ0n) is 6.98. The maximum Gasteiger partial charge on any atom is 0.213 e. The molecule has 0 saturated carbocycles. The van der Waals surface area contributed by atoms with Gasteiger partial charge in [0.2, 0.25) is 5.88 Å². The van der Waals surface area contributed by atoms with Crippen LogP contribution >= 0.6 is 0 Å². The molecule has 1 aromatic rings. The van der Waals surface area contributed by atoms with Crippen molar-refractivity contribution in [3.8, 4) is 5.88 Å². The zero-order valence-corrected chi connectivity index (χ0v) is 6.98. The van der Waals surface area contributed by atoms with E-state index in [-0.39, 0.29) is 0 Å². The van der Waals surface area contributed by atoms with Crippen LogP contribution in [0.5, 0.6) is 5.88 Å². The molecule has 0 bridgehead atoms. The molecular weight excluding hydrogens is 156 g/mol. The fourth-order valence-corrected chi connectivity index (χ4v) is 0.861. The summed E-state index contributed by atoms with van der Waals surface area (Å²) in [4.78, 5) is 4.09. The van der Waals surface area contributed by atoms with Gasteiger partial charge < -0.3 is 9.94 Å². The van der Waals surface area contributed by atoms with Crippen LogP contribution in [0.1, 0.15) is 11.3 Å². The molecule has 0 aliphatic carbocycles. The minimum absolute atomic E-state index is 0.558. The molecule has 0 aromatic carbocycles. The van der Waals surface area contributed by atoms with E-state index < -0.39 is 0 Å². The monoisotopic (exact) mass is 166 g/mol. The number of nitrogens with zero attached hydrogens (tertiary/aromatic N) is 2. The molecule has 64 valence electrons. The normalized spacial score (nSPS) is 10.5. The number of ether oxygens (including phenoxy) is 1. The highest BCUT2D eigenvalue weighted by atomic mass is 16.5. The molecule has 0 saturated heterocycles. The van der Waals surface area contributed by atoms with E-state index in [9.17, 15) is 0 Å². The number of pyridine rings is 1. The lowest BCUT2D eigenvalue weighted by atomic mass is 10.2. The molecule has 0 aliphatic heterocycles. The van der Waals surface area contributed by atoms with Crippen LogP contribution in [0.4, 0.5) is 0 Å². The van der Waals surface area contributed by atoms with Crippen LogP contribution in [-0.4, -0.2) is 23.5 Å². The van der Waals surface area contributed by atoms with Crippen molar-refractivity contribution in [1.82, 2.24) is 4.98 Å². The van der Waals surface area contributed by atoms with Gasteiger partial charge >= 0.3 is 0 Å². The van der Waals surface area contributed by atoms with Crippen LogP contribution < -0.4 is 4.74 Å². The Morgan fingerprint density at radius 3 is 2.83 bits per heavy atom. The number of aromatic nitrogens is 1. The second-order valence-corrected chi connectivity index (χ2v) is 2.27. The predicted molar refractivity (Wildman–Crippen MR) is 44.9 cm³/mol. The number of aryl methyl sites for hydroxylation is 1. The van der Waals surface area contributed by atoms with Gasteiger partial charge in [0, 0.05) is 11.6 Å². The Kier molecular flexibility index (Phi) is 2.63. The summed E-state index contributed by atoms with van der Waals surface area (Å²) in [6.07, 6.45) is 1.34. The molecule has 1 heterocycles. The summed E-state index contributed by atoms with van der Waals surface area (Å²) in [6, 6.07) is 3.49. The van der Waals surface area contributed by atoms with Gasteiger partial charge in [-0.15, -0.1) is 0 Å². The van der Waals surface area contributed by atoms with E-state index >= 15 is 0 Å². The van der Waals surface area contributed by atoms with Crippen LogP contribution in [0.2, 0.25) is 0 Å². The topological polar surface area (TPSA) is 54.7 Å². The summed E-state index contributed by atoms with van der Waals surface area (Å²) in [5.41, 5.74) is 1.55. The first kappa shape index (κ1) is 8.52. The number of methoxy groups -OCH3 is 1. The lowest BCUT2D eigenvalue weighted by Gasteiger charge is -2.01. The summed E-state index contributed by atoms with van der Waals surface area (Å²) in [5, 5.41) is 11.2. The summed E-state index contributed by atoms with van der Waals surface area (Å²) < 4.78 is 4.91. The highest BCUT2D eigenvalue weighted by Crippen LogP contribution is 2.09. The van der Waals surface area contributed by atoms with Gasteiger partial charge in [-0.05, 0) is 13.0 Å². The lowest BCUT2D eigenvalue weighted by Crippen LogP contribution is -1.94. The molecule has 1 rings (SSSR count). The fraction of sp³-hybridized carbons (Fsp3) is 0.250. The average molecular weight is 166 g/mol. The minimum atomic E-state index is 0.558. The van der Waals surface area contributed by atoms with Gasteiger partial charge in [-0.1, -0.05) is 5.16 Å². The Morgan fingerprint density at radius 1 is 1.58 bits per heavy atom. The fourth-order valence-electron chi connectivity index (χ4n) is 0.861. The van der Waals surface area contributed by atoms with Crippen molar-refractivity contribution < 1.29 is 9.94 Å². The minimum Gasteiger partial charge on any atom is -0.481 e. The second kappa shape index (κ2) is 3.71. The number of oxime groups is 1. The third-order valence-electron chi connectivity index (χ3n) is 1.51. The van der Waals surface area contributed by atoms with Crippen LogP contribution in [-0.2, 0) is 0 Å². The van der Waals surface area contributed by atoms with Gasteiger partial charge in [-0.2, -0.15) is 0 Å². The second-order valence-electron chi connectivity index (χ2n) is 2.27.